The van der Waals surface area contributed by atoms with Crippen LogP contribution in [0.5, 0.6) is 5.75 Å². The number of nitro groups is 1. The topological polar surface area (TPSA) is 102 Å². The molecule has 1 aliphatic heterocycles. The summed E-state index contributed by atoms with van der Waals surface area (Å²) in [6, 6.07) is 10.7. The summed E-state index contributed by atoms with van der Waals surface area (Å²) in [7, 11) is -2.65. The molecule has 25 heavy (non-hydrogen) atoms. The van der Waals surface area contributed by atoms with E-state index in [-0.39, 0.29) is 22.9 Å². The largest absolute Gasteiger partial charge is 0.495 e. The Morgan fingerprint density at radius 1 is 1.24 bits per heavy atom. The smallest absolute Gasteiger partial charge is 0.273 e. The number of nitrogens with zero attached hydrogens (tertiary/aromatic N) is 2. The molecule has 1 aliphatic rings. The molecule has 1 heterocycles. The molecule has 8 nitrogen and oxygen atoms in total. The number of para-hydroxylation sites is 1. The molecule has 0 unspecified atom stereocenters. The highest BCUT2D eigenvalue weighted by Crippen LogP contribution is 2.34. The molecule has 0 aromatic heterocycles. The van der Waals surface area contributed by atoms with Crippen molar-refractivity contribution >= 4 is 21.4 Å². The van der Waals surface area contributed by atoms with Crippen molar-refractivity contribution in [3.05, 3.63) is 58.1 Å². The van der Waals surface area contributed by atoms with Crippen molar-refractivity contribution in [2.45, 2.75) is 11.4 Å². The number of fused-ring (bicyclic) bond motifs is 1. The third-order valence-electron chi connectivity index (χ3n) is 3.99. The second-order valence-electron chi connectivity index (χ2n) is 5.47. The van der Waals surface area contributed by atoms with E-state index in [9.17, 15) is 18.5 Å². The van der Waals surface area contributed by atoms with Gasteiger partial charge in [-0.05, 0) is 17.7 Å². The molecule has 0 amide bonds. The van der Waals surface area contributed by atoms with Crippen LogP contribution in [0.4, 0.5) is 11.4 Å². The molecule has 0 spiro atoms. The predicted octanol–water partition coefficient (Wildman–Crippen LogP) is 1.90. The first-order valence-corrected chi connectivity index (χ1v) is 9.03. The number of methoxy groups -OCH3 is 1. The molecule has 0 fully saturated rings. The molecule has 0 radical (unpaired) electrons. The highest BCUT2D eigenvalue weighted by atomic mass is 32.2. The van der Waals surface area contributed by atoms with Crippen molar-refractivity contribution in [2.75, 3.05) is 24.5 Å². The number of hydrogen-bond acceptors (Lipinski definition) is 6. The highest BCUT2D eigenvalue weighted by Gasteiger charge is 2.31. The van der Waals surface area contributed by atoms with Gasteiger partial charge in [0.1, 0.15) is 10.6 Å². The summed E-state index contributed by atoms with van der Waals surface area (Å²) >= 11 is 0. The lowest BCUT2D eigenvalue weighted by molar-refractivity contribution is -0.385. The first-order valence-electron chi connectivity index (χ1n) is 7.59. The van der Waals surface area contributed by atoms with Crippen LogP contribution in [0, 0.1) is 10.1 Å². The van der Waals surface area contributed by atoms with E-state index in [0.717, 1.165) is 17.7 Å². The zero-order valence-electron chi connectivity index (χ0n) is 13.5. The first kappa shape index (κ1) is 17.2. The van der Waals surface area contributed by atoms with E-state index in [4.69, 9.17) is 4.74 Å². The van der Waals surface area contributed by atoms with E-state index in [1.54, 1.807) is 12.1 Å². The van der Waals surface area contributed by atoms with Crippen LogP contribution >= 0.6 is 0 Å². The maximum atomic E-state index is 13.2. The number of anilines is 1. The van der Waals surface area contributed by atoms with Gasteiger partial charge in [0.05, 0.1) is 23.8 Å². The molecule has 2 aromatic rings. The Balaban J connectivity index is 2.12. The van der Waals surface area contributed by atoms with Gasteiger partial charge in [-0.1, -0.05) is 18.2 Å². The van der Waals surface area contributed by atoms with Crippen LogP contribution in [0.25, 0.3) is 0 Å². The maximum Gasteiger partial charge on any atom is 0.273 e. The summed E-state index contributed by atoms with van der Waals surface area (Å²) in [4.78, 5) is 10.2. The van der Waals surface area contributed by atoms with Gasteiger partial charge in [-0.3, -0.25) is 14.4 Å². The number of nitrogens with one attached hydrogen (secondary N) is 1. The molecular formula is C16H17N3O5S. The molecule has 1 N–H and O–H groups in total. The lowest BCUT2D eigenvalue weighted by Gasteiger charge is -2.25. The number of hydrogen-bond donors (Lipinski definition) is 1. The molecule has 9 heteroatoms. The van der Waals surface area contributed by atoms with Gasteiger partial charge < -0.3 is 10.1 Å². The van der Waals surface area contributed by atoms with Crippen LogP contribution in [0.1, 0.15) is 5.56 Å². The first-order chi connectivity index (χ1) is 11.9. The van der Waals surface area contributed by atoms with Crippen molar-refractivity contribution in [3.8, 4) is 5.75 Å². The number of sulfonamides is 1. The van der Waals surface area contributed by atoms with Crippen LogP contribution in [-0.4, -0.2) is 33.5 Å². The Hall–Kier alpha value is -2.65. The SMILES string of the molecule is COc1cc([N+](=O)[O-])ccc1S(=O)(=O)N1CCNCc2ccccc21. The van der Waals surface area contributed by atoms with Gasteiger partial charge in [0, 0.05) is 25.7 Å². The number of rotatable bonds is 4. The Bertz CT molecular complexity index is 914. The Labute approximate surface area is 145 Å². The van der Waals surface area contributed by atoms with E-state index < -0.39 is 14.9 Å². The number of nitro benzene ring substituents is 1. The lowest BCUT2D eigenvalue weighted by Crippen LogP contribution is -2.35. The van der Waals surface area contributed by atoms with Gasteiger partial charge >= 0.3 is 0 Å². The van der Waals surface area contributed by atoms with E-state index in [0.29, 0.717) is 18.8 Å². The predicted molar refractivity (Wildman–Crippen MR) is 92.3 cm³/mol. The van der Waals surface area contributed by atoms with E-state index >= 15 is 0 Å². The maximum absolute atomic E-state index is 13.2. The van der Waals surface area contributed by atoms with Gasteiger partial charge in [0.25, 0.3) is 15.7 Å². The minimum Gasteiger partial charge on any atom is -0.495 e. The molecule has 0 aliphatic carbocycles. The Kier molecular flexibility index (Phi) is 4.60. The highest BCUT2D eigenvalue weighted by molar-refractivity contribution is 7.93. The average Bonchev–Trinajstić information content (AvgIpc) is 2.84. The molecule has 0 atom stereocenters. The Morgan fingerprint density at radius 2 is 2.00 bits per heavy atom. The summed E-state index contributed by atoms with van der Waals surface area (Å²) in [6.07, 6.45) is 0. The van der Waals surface area contributed by atoms with Crippen LogP contribution in [-0.2, 0) is 16.6 Å². The normalized spacial score (nSPS) is 14.5. The molecule has 0 saturated carbocycles. The molecule has 2 aromatic carbocycles. The monoisotopic (exact) mass is 363 g/mol. The van der Waals surface area contributed by atoms with Crippen LogP contribution in [0.15, 0.2) is 47.4 Å². The van der Waals surface area contributed by atoms with Gasteiger partial charge in [-0.25, -0.2) is 8.42 Å². The van der Waals surface area contributed by atoms with Crippen molar-refractivity contribution < 1.29 is 18.1 Å². The summed E-state index contributed by atoms with van der Waals surface area (Å²) in [5.41, 5.74) is 1.23. The van der Waals surface area contributed by atoms with Crippen molar-refractivity contribution in [1.82, 2.24) is 5.32 Å². The van der Waals surface area contributed by atoms with Crippen LogP contribution < -0.4 is 14.4 Å². The molecule has 0 saturated heterocycles. The fraction of sp³-hybridized carbons (Fsp3) is 0.250. The Morgan fingerprint density at radius 3 is 2.72 bits per heavy atom. The van der Waals surface area contributed by atoms with Crippen molar-refractivity contribution in [3.63, 3.8) is 0 Å². The number of ether oxygens (including phenoxy) is 1. The zero-order chi connectivity index (χ0) is 18.0. The van der Waals surface area contributed by atoms with Crippen molar-refractivity contribution in [2.24, 2.45) is 0 Å². The van der Waals surface area contributed by atoms with Crippen molar-refractivity contribution in [1.29, 1.82) is 0 Å². The minimum absolute atomic E-state index is 0.0520. The second kappa shape index (κ2) is 6.69. The number of non-ortho nitro benzene ring substituents is 1. The summed E-state index contributed by atoms with van der Waals surface area (Å²) in [5, 5.41) is 14.1. The molecular weight excluding hydrogens is 346 g/mol. The van der Waals surface area contributed by atoms with E-state index in [2.05, 4.69) is 5.32 Å². The summed E-state index contributed by atoms with van der Waals surface area (Å²) < 4.78 is 32.8. The summed E-state index contributed by atoms with van der Waals surface area (Å²) in [6.45, 7) is 1.31. The molecule has 0 bridgehead atoms. The van der Waals surface area contributed by atoms with Gasteiger partial charge in [-0.2, -0.15) is 0 Å². The fourth-order valence-corrected chi connectivity index (χ4v) is 4.42. The van der Waals surface area contributed by atoms with Gasteiger partial charge in [0.2, 0.25) is 0 Å². The number of benzene rings is 2. The third kappa shape index (κ3) is 3.15. The van der Waals surface area contributed by atoms with E-state index in [1.807, 2.05) is 12.1 Å². The molecule has 3 rings (SSSR count). The third-order valence-corrected chi connectivity index (χ3v) is 5.85. The molecule has 132 valence electrons. The quantitative estimate of drug-likeness (QED) is 0.658. The summed E-state index contributed by atoms with van der Waals surface area (Å²) in [5.74, 6) is -0.0520. The minimum atomic E-state index is -3.94. The zero-order valence-corrected chi connectivity index (χ0v) is 14.3. The van der Waals surface area contributed by atoms with Crippen LogP contribution in [0.3, 0.4) is 0 Å². The fourth-order valence-electron chi connectivity index (χ4n) is 2.78. The standard InChI is InChI=1S/C16H17N3O5S/c1-24-15-10-13(19(20)21)6-7-16(15)25(22,23)18-9-8-17-11-12-4-2-3-5-14(12)18/h2-7,10,17H,8-9,11H2,1H3. The van der Waals surface area contributed by atoms with Gasteiger partial charge in [-0.15, -0.1) is 0 Å². The van der Waals surface area contributed by atoms with Crippen LogP contribution in [0.2, 0.25) is 0 Å². The second-order valence-corrected chi connectivity index (χ2v) is 7.31. The van der Waals surface area contributed by atoms with Gasteiger partial charge in [0.15, 0.2) is 0 Å². The van der Waals surface area contributed by atoms with E-state index in [1.165, 1.54) is 17.5 Å². The average molecular weight is 363 g/mol. The lowest BCUT2D eigenvalue weighted by atomic mass is 10.2.